The third-order valence-electron chi connectivity index (χ3n) is 6.99. The van der Waals surface area contributed by atoms with E-state index in [2.05, 4.69) is 16.8 Å². The van der Waals surface area contributed by atoms with Crippen LogP contribution in [-0.2, 0) is 42.5 Å². The van der Waals surface area contributed by atoms with Crippen molar-refractivity contribution >= 4 is 23.5 Å². The van der Waals surface area contributed by atoms with Crippen LogP contribution in [-0.4, -0.2) is 52.4 Å². The molecule has 1 aromatic heterocycles. The number of fused-ring (bicyclic) bond motifs is 3. The van der Waals surface area contributed by atoms with Crippen LogP contribution < -0.4 is 5.32 Å². The maximum absolute atomic E-state index is 13.0. The molecule has 244 valence electrons. The number of amides is 1. The van der Waals surface area contributed by atoms with E-state index in [1.54, 1.807) is 44.2 Å². The number of hydrogen-bond donors (Lipinski definition) is 3. The molecule has 4 rings (SSSR count). The Labute approximate surface area is 264 Å². The van der Waals surface area contributed by atoms with E-state index in [0.29, 0.717) is 44.8 Å². The van der Waals surface area contributed by atoms with Gasteiger partial charge in [-0.3, -0.25) is 19.4 Å². The summed E-state index contributed by atoms with van der Waals surface area (Å²) in [7, 11) is 0. The van der Waals surface area contributed by atoms with Crippen molar-refractivity contribution in [2.24, 2.45) is 0 Å². The number of aromatic nitrogens is 1. The lowest BCUT2D eigenvalue weighted by Crippen LogP contribution is -2.34. The fourth-order valence-electron chi connectivity index (χ4n) is 5.24. The zero-order chi connectivity index (χ0) is 34.1. The van der Waals surface area contributed by atoms with E-state index < -0.39 is 29.4 Å². The molecular weight excluding hydrogens is 605 g/mol. The number of aliphatic hydroxyl groups is 2. The second-order valence-corrected chi connectivity index (χ2v) is 9.92. The molecule has 0 atom stereocenters. The minimum absolute atomic E-state index is 0.0544. The number of nitrogens with zero attached hydrogens (tertiary/aromatic N) is 1. The fourth-order valence-corrected chi connectivity index (χ4v) is 5.24. The van der Waals surface area contributed by atoms with Gasteiger partial charge in [0.2, 0.25) is 0 Å². The second-order valence-electron chi connectivity index (χ2n) is 9.92. The van der Waals surface area contributed by atoms with Gasteiger partial charge in [-0.25, -0.2) is 0 Å². The normalized spacial score (nSPS) is 12.4. The first-order valence-electron chi connectivity index (χ1n) is 14.7. The zero-order valence-electron chi connectivity index (χ0n) is 25.9. The highest BCUT2D eigenvalue weighted by Gasteiger charge is 2.48. The van der Waals surface area contributed by atoms with Gasteiger partial charge in [-0.2, -0.15) is 13.2 Å². The van der Waals surface area contributed by atoms with Crippen molar-refractivity contribution in [2.75, 3.05) is 18.5 Å². The summed E-state index contributed by atoms with van der Waals surface area (Å²) in [5, 5.41) is 20.8. The molecule has 9 nitrogen and oxygen atoms in total. The Bertz CT molecular complexity index is 1620. The quantitative estimate of drug-likeness (QED) is 0.216. The summed E-state index contributed by atoms with van der Waals surface area (Å²) in [6, 6.07) is 12.4. The average molecular weight is 641 g/mol. The highest BCUT2D eigenvalue weighted by molar-refractivity contribution is 5.96. The van der Waals surface area contributed by atoms with E-state index in [0.717, 1.165) is 0 Å². The SMILES string of the molecule is CC.CCOC(=O)CC1(CC(=O)OCC)c2cc(C#Cc3cc(CO)nc(CO)c3)ccc2-c2ccc(NC(=O)C(F)(F)F)cc21. The Hall–Kier alpha value is -4.73. The van der Waals surface area contributed by atoms with Gasteiger partial charge in [-0.05, 0) is 72.5 Å². The van der Waals surface area contributed by atoms with E-state index in [4.69, 9.17) is 9.47 Å². The van der Waals surface area contributed by atoms with Gasteiger partial charge in [0.1, 0.15) is 0 Å². The molecule has 0 saturated heterocycles. The van der Waals surface area contributed by atoms with Crippen LogP contribution in [0.2, 0.25) is 0 Å². The number of carbonyl (C=O) groups excluding carboxylic acids is 3. The molecule has 0 aliphatic heterocycles. The predicted octanol–water partition coefficient (Wildman–Crippen LogP) is 5.17. The number of pyridine rings is 1. The first kappa shape index (κ1) is 35.7. The monoisotopic (exact) mass is 640 g/mol. The van der Waals surface area contributed by atoms with Gasteiger partial charge in [0.05, 0.1) is 50.7 Å². The van der Waals surface area contributed by atoms with Gasteiger partial charge in [0.15, 0.2) is 0 Å². The maximum Gasteiger partial charge on any atom is 0.471 e. The molecule has 2 aromatic carbocycles. The van der Waals surface area contributed by atoms with E-state index in [9.17, 15) is 37.8 Å². The number of esters is 2. The van der Waals surface area contributed by atoms with Crippen LogP contribution in [0.25, 0.3) is 11.1 Å². The van der Waals surface area contributed by atoms with E-state index >= 15 is 0 Å². The van der Waals surface area contributed by atoms with Crippen LogP contribution in [0.4, 0.5) is 18.9 Å². The summed E-state index contributed by atoms with van der Waals surface area (Å²) in [6.07, 6.45) is -5.83. The molecule has 0 fully saturated rings. The minimum atomic E-state index is -5.13. The molecule has 46 heavy (non-hydrogen) atoms. The summed E-state index contributed by atoms with van der Waals surface area (Å²) in [5.74, 6) is 2.51. The molecular formula is C34H35F3N2O7. The molecule has 0 spiro atoms. The number of alkyl halides is 3. The Morgan fingerprint density at radius 2 is 1.30 bits per heavy atom. The molecule has 1 aliphatic rings. The molecule has 1 amide bonds. The topological polar surface area (TPSA) is 135 Å². The third-order valence-corrected chi connectivity index (χ3v) is 6.99. The minimum Gasteiger partial charge on any atom is -0.466 e. The largest absolute Gasteiger partial charge is 0.471 e. The van der Waals surface area contributed by atoms with E-state index in [-0.39, 0.29) is 45.0 Å². The highest BCUT2D eigenvalue weighted by Crippen LogP contribution is 2.54. The van der Waals surface area contributed by atoms with E-state index in [1.165, 1.54) is 18.2 Å². The maximum atomic E-state index is 13.0. The lowest BCUT2D eigenvalue weighted by Gasteiger charge is -2.30. The molecule has 12 heteroatoms. The van der Waals surface area contributed by atoms with E-state index in [1.807, 2.05) is 19.2 Å². The molecule has 3 N–H and O–H groups in total. The predicted molar refractivity (Wildman–Crippen MR) is 163 cm³/mol. The average Bonchev–Trinajstić information content (AvgIpc) is 3.28. The molecule has 0 bridgehead atoms. The van der Waals surface area contributed by atoms with Crippen molar-refractivity contribution in [2.45, 2.75) is 65.3 Å². The molecule has 0 unspecified atom stereocenters. The lowest BCUT2D eigenvalue weighted by molar-refractivity contribution is -0.167. The van der Waals surface area contributed by atoms with Crippen LogP contribution in [0.5, 0.6) is 0 Å². The third kappa shape index (κ3) is 8.10. The molecule has 1 heterocycles. The number of nitrogens with one attached hydrogen (secondary N) is 1. The number of hydrogen-bond acceptors (Lipinski definition) is 8. The second kappa shape index (κ2) is 15.5. The Morgan fingerprint density at radius 3 is 1.80 bits per heavy atom. The molecule has 1 aliphatic carbocycles. The number of benzene rings is 2. The number of halogens is 3. The standard InChI is InChI=1S/C32H29F3N2O7.C2H6/c1-3-43-28(40)15-31(16-29(41)44-4-2)26-13-19(5-6-20-11-22(17-38)36-23(12-20)18-39)7-9-24(26)25-10-8-21(14-27(25)31)37-30(42)32(33,34)35;1-2/h7-14,38-39H,3-4,15-18H2,1-2H3,(H,37,42);1-2H3. The smallest absolute Gasteiger partial charge is 0.466 e. The summed E-state index contributed by atoms with van der Waals surface area (Å²) >= 11 is 0. The Morgan fingerprint density at radius 1 is 0.804 bits per heavy atom. The summed E-state index contributed by atoms with van der Waals surface area (Å²) < 4.78 is 49.6. The number of rotatable bonds is 9. The fraction of sp³-hybridized carbons (Fsp3) is 0.353. The van der Waals surface area contributed by atoms with Gasteiger partial charge in [-0.1, -0.05) is 37.8 Å². The van der Waals surface area contributed by atoms with Crippen LogP contribution in [0.3, 0.4) is 0 Å². The number of aliphatic hydroxyl groups excluding tert-OH is 2. The molecule has 0 saturated carbocycles. The van der Waals surface area contributed by atoms with Crippen molar-refractivity contribution in [1.29, 1.82) is 0 Å². The van der Waals surface area contributed by atoms with Gasteiger partial charge >= 0.3 is 24.0 Å². The lowest BCUT2D eigenvalue weighted by atomic mass is 9.72. The Kier molecular flexibility index (Phi) is 12.1. The summed E-state index contributed by atoms with van der Waals surface area (Å²) in [6.45, 7) is 6.64. The summed E-state index contributed by atoms with van der Waals surface area (Å²) in [5.41, 5.74) is 2.00. The van der Waals surface area contributed by atoms with Crippen molar-refractivity contribution in [3.8, 4) is 23.0 Å². The van der Waals surface area contributed by atoms with Crippen LogP contribution in [0, 0.1) is 11.8 Å². The van der Waals surface area contributed by atoms with Gasteiger partial charge in [-0.15, -0.1) is 0 Å². The number of ether oxygens (including phenoxy) is 2. The van der Waals surface area contributed by atoms with Crippen LogP contribution >= 0.6 is 0 Å². The first-order chi connectivity index (χ1) is 21.9. The zero-order valence-corrected chi connectivity index (χ0v) is 25.9. The van der Waals surface area contributed by atoms with Crippen molar-refractivity contribution in [1.82, 2.24) is 4.98 Å². The molecule has 3 aromatic rings. The van der Waals surface area contributed by atoms with Crippen molar-refractivity contribution in [3.05, 3.63) is 82.2 Å². The highest BCUT2D eigenvalue weighted by atomic mass is 19.4. The Balaban J connectivity index is 0.00000282. The van der Waals surface area contributed by atoms with Crippen molar-refractivity contribution in [3.63, 3.8) is 0 Å². The first-order valence-corrected chi connectivity index (χ1v) is 14.7. The van der Waals surface area contributed by atoms with Crippen molar-refractivity contribution < 1.29 is 47.2 Å². The van der Waals surface area contributed by atoms with Gasteiger partial charge in [0, 0.05) is 22.2 Å². The molecule has 0 radical (unpaired) electrons. The number of carbonyl (C=O) groups is 3. The van der Waals surface area contributed by atoms with Crippen LogP contribution in [0.1, 0.15) is 74.2 Å². The van der Waals surface area contributed by atoms with Crippen LogP contribution in [0.15, 0.2) is 48.5 Å². The van der Waals surface area contributed by atoms with Gasteiger partial charge in [0.25, 0.3) is 0 Å². The van der Waals surface area contributed by atoms with Gasteiger partial charge < -0.3 is 25.0 Å². The number of anilines is 1. The summed E-state index contributed by atoms with van der Waals surface area (Å²) in [4.78, 5) is 41.8.